The van der Waals surface area contributed by atoms with E-state index in [0.717, 1.165) is 63.2 Å². The Hall–Kier alpha value is -4.20. The van der Waals surface area contributed by atoms with E-state index in [-0.39, 0.29) is 30.0 Å². The summed E-state index contributed by atoms with van der Waals surface area (Å²) in [5.41, 5.74) is 8.18. The number of benzene rings is 3. The maximum absolute atomic E-state index is 15.2. The number of carbonyl (C=O) groups is 1. The number of carbonyl (C=O) groups excluding carboxylic acids is 1. The predicted octanol–water partition coefficient (Wildman–Crippen LogP) is 5.84. The van der Waals surface area contributed by atoms with E-state index in [4.69, 9.17) is 14.2 Å². The minimum absolute atomic E-state index is 0.0204. The average molecular weight is 528 g/mol. The number of halogens is 1. The Morgan fingerprint density at radius 1 is 1.13 bits per heavy atom. The van der Waals surface area contributed by atoms with E-state index in [2.05, 4.69) is 36.1 Å². The lowest BCUT2D eigenvalue weighted by molar-refractivity contribution is -0.141. The summed E-state index contributed by atoms with van der Waals surface area (Å²) < 4.78 is 33.8. The van der Waals surface area contributed by atoms with Crippen LogP contribution in [0.1, 0.15) is 52.5 Å². The number of aromatic nitrogens is 3. The van der Waals surface area contributed by atoms with Crippen molar-refractivity contribution in [2.75, 3.05) is 20.3 Å². The van der Waals surface area contributed by atoms with Crippen molar-refractivity contribution in [2.45, 2.75) is 44.9 Å². The molecule has 0 spiro atoms. The molecular formula is C31H30FN3O4. The molecule has 2 atom stereocenters. The van der Waals surface area contributed by atoms with E-state index in [1.807, 2.05) is 24.3 Å². The van der Waals surface area contributed by atoms with Crippen LogP contribution in [0.2, 0.25) is 0 Å². The highest BCUT2D eigenvalue weighted by Crippen LogP contribution is 2.43. The second kappa shape index (κ2) is 10.2. The van der Waals surface area contributed by atoms with Gasteiger partial charge in [-0.25, -0.2) is 14.1 Å². The molecule has 0 radical (unpaired) electrons. The van der Waals surface area contributed by atoms with Crippen LogP contribution in [0.4, 0.5) is 4.39 Å². The molecule has 6 rings (SSSR count). The van der Waals surface area contributed by atoms with Gasteiger partial charge in [0.1, 0.15) is 30.0 Å². The van der Waals surface area contributed by atoms with Gasteiger partial charge in [0, 0.05) is 23.5 Å². The summed E-state index contributed by atoms with van der Waals surface area (Å²) in [4.78, 5) is 15.7. The van der Waals surface area contributed by atoms with Gasteiger partial charge in [-0.05, 0) is 84.3 Å². The van der Waals surface area contributed by atoms with E-state index >= 15 is 4.39 Å². The summed E-state index contributed by atoms with van der Waals surface area (Å²) in [5.74, 6) is 0.894. The largest absolute Gasteiger partial charge is 0.493 e. The van der Waals surface area contributed by atoms with Gasteiger partial charge >= 0.3 is 5.97 Å². The summed E-state index contributed by atoms with van der Waals surface area (Å²) in [5, 5.41) is 4.25. The molecule has 0 fully saturated rings. The molecule has 1 aliphatic heterocycles. The minimum atomic E-state index is -0.255. The first-order valence-corrected chi connectivity index (χ1v) is 13.2. The normalized spacial score (nSPS) is 17.4. The smallest absolute Gasteiger partial charge is 0.306 e. The molecular weight excluding hydrogens is 497 g/mol. The van der Waals surface area contributed by atoms with Gasteiger partial charge in [0.15, 0.2) is 0 Å². The highest BCUT2D eigenvalue weighted by Gasteiger charge is 2.31. The number of ether oxygens (including phenoxy) is 3. The third-order valence-corrected chi connectivity index (χ3v) is 7.88. The lowest BCUT2D eigenvalue weighted by Crippen LogP contribution is -2.10. The Balaban J connectivity index is 1.23. The van der Waals surface area contributed by atoms with Crippen LogP contribution in [0.5, 0.6) is 11.5 Å². The predicted molar refractivity (Wildman–Crippen MR) is 144 cm³/mol. The SMILES string of the molecule is COC(=O)C[C@@H]1COc2cc(OCC3CCc4c(-c5c(C)cc(-n6cncn6)cc5C)ccc(F)c43)ccc21. The zero-order chi connectivity index (χ0) is 27.1. The molecule has 39 heavy (non-hydrogen) atoms. The maximum atomic E-state index is 15.2. The fraction of sp³-hybridized carbons (Fsp3) is 0.323. The van der Waals surface area contributed by atoms with Crippen molar-refractivity contribution in [1.82, 2.24) is 14.8 Å². The van der Waals surface area contributed by atoms with E-state index in [0.29, 0.717) is 19.0 Å². The highest BCUT2D eigenvalue weighted by molar-refractivity contribution is 5.77. The molecule has 0 N–H and O–H groups in total. The molecule has 4 aromatic rings. The molecule has 0 saturated carbocycles. The number of hydrogen-bond donors (Lipinski definition) is 0. The fourth-order valence-corrected chi connectivity index (χ4v) is 6.05. The van der Waals surface area contributed by atoms with Crippen molar-refractivity contribution in [2.24, 2.45) is 0 Å². The Labute approximate surface area is 226 Å². The van der Waals surface area contributed by atoms with Crippen LogP contribution >= 0.6 is 0 Å². The van der Waals surface area contributed by atoms with Gasteiger partial charge < -0.3 is 14.2 Å². The Bertz CT molecular complexity index is 1530. The Kier molecular flexibility index (Phi) is 6.54. The molecule has 0 amide bonds. The molecule has 0 saturated heterocycles. The van der Waals surface area contributed by atoms with Crippen LogP contribution in [-0.2, 0) is 16.0 Å². The number of aryl methyl sites for hydroxylation is 2. The number of nitrogens with zero attached hydrogens (tertiary/aromatic N) is 3. The number of rotatable bonds is 7. The maximum Gasteiger partial charge on any atom is 0.306 e. The first-order chi connectivity index (χ1) is 18.9. The molecule has 0 bridgehead atoms. The molecule has 7 nitrogen and oxygen atoms in total. The van der Waals surface area contributed by atoms with Crippen molar-refractivity contribution in [3.63, 3.8) is 0 Å². The van der Waals surface area contributed by atoms with Crippen LogP contribution in [0.15, 0.2) is 55.1 Å². The van der Waals surface area contributed by atoms with E-state index < -0.39 is 0 Å². The lowest BCUT2D eigenvalue weighted by Gasteiger charge is -2.18. The standard InChI is InChI=1S/C31H30FN3O4/c1-18-10-22(35-17-33-16-34-35)11-19(2)30(18)25-8-9-27(32)31-20(4-6-26(25)31)14-38-23-5-7-24-21(12-29(36)37-3)15-39-28(24)13-23/h5,7-11,13,16-17,20-21H,4,6,12,14-15H2,1-3H3/t20?,21-/m1/s1. The average Bonchev–Trinajstić information content (AvgIpc) is 3.69. The quantitative estimate of drug-likeness (QED) is 0.281. The second-order valence-corrected chi connectivity index (χ2v) is 10.3. The topological polar surface area (TPSA) is 75.5 Å². The van der Waals surface area contributed by atoms with Crippen molar-refractivity contribution in [1.29, 1.82) is 0 Å². The third-order valence-electron chi connectivity index (χ3n) is 7.88. The summed E-state index contributed by atoms with van der Waals surface area (Å²) >= 11 is 0. The zero-order valence-electron chi connectivity index (χ0n) is 22.2. The Morgan fingerprint density at radius 3 is 2.69 bits per heavy atom. The fourth-order valence-electron chi connectivity index (χ4n) is 6.05. The molecule has 2 aliphatic rings. The molecule has 8 heteroatoms. The summed E-state index contributed by atoms with van der Waals surface area (Å²) in [6.45, 7) is 4.98. The first kappa shape index (κ1) is 25.1. The molecule has 1 aliphatic carbocycles. The summed E-state index contributed by atoms with van der Waals surface area (Å²) in [6.07, 6.45) is 5.10. The van der Waals surface area contributed by atoms with Crippen LogP contribution in [0, 0.1) is 19.7 Å². The van der Waals surface area contributed by atoms with Gasteiger partial charge in [0.25, 0.3) is 0 Å². The van der Waals surface area contributed by atoms with Gasteiger partial charge in [-0.2, -0.15) is 5.10 Å². The summed E-state index contributed by atoms with van der Waals surface area (Å²) in [6, 6.07) is 13.4. The minimum Gasteiger partial charge on any atom is -0.493 e. The van der Waals surface area contributed by atoms with Crippen molar-refractivity contribution < 1.29 is 23.4 Å². The van der Waals surface area contributed by atoms with Gasteiger partial charge in [0.05, 0.1) is 32.4 Å². The molecule has 2 heterocycles. The number of hydrogen-bond acceptors (Lipinski definition) is 6. The van der Waals surface area contributed by atoms with Crippen molar-refractivity contribution in [3.8, 4) is 28.3 Å². The van der Waals surface area contributed by atoms with Crippen molar-refractivity contribution in [3.05, 3.63) is 88.8 Å². The van der Waals surface area contributed by atoms with Crippen LogP contribution in [0.25, 0.3) is 16.8 Å². The third kappa shape index (κ3) is 4.64. The van der Waals surface area contributed by atoms with Gasteiger partial charge in [-0.3, -0.25) is 4.79 Å². The zero-order valence-corrected chi connectivity index (χ0v) is 22.2. The molecule has 3 aromatic carbocycles. The van der Waals surface area contributed by atoms with Crippen LogP contribution < -0.4 is 9.47 Å². The molecule has 1 aromatic heterocycles. The van der Waals surface area contributed by atoms with Crippen LogP contribution in [-0.4, -0.2) is 41.1 Å². The number of methoxy groups -OCH3 is 1. The van der Waals surface area contributed by atoms with Gasteiger partial charge in [-0.1, -0.05) is 12.1 Å². The van der Waals surface area contributed by atoms with Crippen LogP contribution in [0.3, 0.4) is 0 Å². The van der Waals surface area contributed by atoms with Crippen molar-refractivity contribution >= 4 is 5.97 Å². The highest BCUT2D eigenvalue weighted by atomic mass is 19.1. The summed E-state index contributed by atoms with van der Waals surface area (Å²) in [7, 11) is 1.39. The monoisotopic (exact) mass is 527 g/mol. The second-order valence-electron chi connectivity index (χ2n) is 10.3. The van der Waals surface area contributed by atoms with E-state index in [1.54, 1.807) is 17.1 Å². The van der Waals surface area contributed by atoms with Gasteiger partial charge in [0.2, 0.25) is 0 Å². The number of fused-ring (bicyclic) bond motifs is 2. The van der Waals surface area contributed by atoms with Gasteiger partial charge in [-0.15, -0.1) is 0 Å². The van der Waals surface area contributed by atoms with E-state index in [1.165, 1.54) is 13.4 Å². The number of esters is 1. The van der Waals surface area contributed by atoms with E-state index in [9.17, 15) is 4.79 Å². The molecule has 1 unspecified atom stereocenters. The molecule has 200 valence electrons. The lowest BCUT2D eigenvalue weighted by atomic mass is 9.89. The first-order valence-electron chi connectivity index (χ1n) is 13.2. The Morgan fingerprint density at radius 2 is 1.95 bits per heavy atom.